The van der Waals surface area contributed by atoms with Crippen LogP contribution in [0.25, 0.3) is 0 Å². The van der Waals surface area contributed by atoms with Crippen LogP contribution in [-0.2, 0) is 9.53 Å². The molecule has 1 aromatic carbocycles. The number of rotatable bonds is 3. The van der Waals surface area contributed by atoms with Crippen LogP contribution in [0.1, 0.15) is 13.3 Å². The van der Waals surface area contributed by atoms with Crippen molar-refractivity contribution in [1.82, 2.24) is 4.90 Å². The second-order valence-electron chi connectivity index (χ2n) is 4.79. The van der Waals surface area contributed by atoms with Crippen LogP contribution in [-0.4, -0.2) is 43.2 Å². The van der Waals surface area contributed by atoms with E-state index in [2.05, 4.69) is 10.2 Å². The Balaban J connectivity index is 1.92. The fourth-order valence-electron chi connectivity index (χ4n) is 2.13. The number of benzene rings is 1. The number of anilines is 2. The highest BCUT2D eigenvalue weighted by Crippen LogP contribution is 2.12. The minimum Gasteiger partial charge on any atom is -0.399 e. The number of nitrogens with one attached hydrogen (secondary N) is 1. The number of nitrogens with two attached hydrogens (primary N) is 1. The number of hydrogen-bond acceptors (Lipinski definition) is 4. The van der Waals surface area contributed by atoms with Crippen LogP contribution < -0.4 is 11.1 Å². The molecule has 1 aromatic rings. The fraction of sp³-hybridized carbons (Fsp3) is 0.500. The maximum atomic E-state index is 12.2. The highest BCUT2D eigenvalue weighted by molar-refractivity contribution is 5.94. The first-order chi connectivity index (χ1) is 9.16. The van der Waals surface area contributed by atoms with Crippen LogP contribution in [0.5, 0.6) is 0 Å². The number of amides is 1. The zero-order chi connectivity index (χ0) is 13.7. The molecule has 1 unspecified atom stereocenters. The van der Waals surface area contributed by atoms with E-state index in [1.54, 1.807) is 12.1 Å². The molecule has 0 aromatic heterocycles. The molecule has 0 radical (unpaired) electrons. The van der Waals surface area contributed by atoms with Crippen LogP contribution >= 0.6 is 0 Å². The summed E-state index contributed by atoms with van der Waals surface area (Å²) in [6, 6.07) is 7.02. The van der Waals surface area contributed by atoms with E-state index in [1.807, 2.05) is 19.1 Å². The predicted octanol–water partition coefficient (Wildman–Crippen LogP) is 1.32. The van der Waals surface area contributed by atoms with E-state index in [9.17, 15) is 4.79 Å². The summed E-state index contributed by atoms with van der Waals surface area (Å²) in [5.74, 6) is 0.00618. The predicted molar refractivity (Wildman–Crippen MR) is 76.0 cm³/mol. The van der Waals surface area contributed by atoms with Gasteiger partial charge in [-0.05, 0) is 37.6 Å². The van der Waals surface area contributed by atoms with Gasteiger partial charge in [-0.3, -0.25) is 9.69 Å². The van der Waals surface area contributed by atoms with Gasteiger partial charge >= 0.3 is 0 Å². The highest BCUT2D eigenvalue weighted by atomic mass is 16.5. The molecule has 5 nitrogen and oxygen atoms in total. The first-order valence-corrected chi connectivity index (χ1v) is 6.65. The molecule has 5 heteroatoms. The molecular weight excluding hydrogens is 242 g/mol. The van der Waals surface area contributed by atoms with Crippen molar-refractivity contribution in [2.24, 2.45) is 0 Å². The minimum atomic E-state index is -0.153. The Kier molecular flexibility index (Phi) is 4.76. The molecule has 1 heterocycles. The Labute approximate surface area is 113 Å². The third kappa shape index (κ3) is 3.94. The molecule has 19 heavy (non-hydrogen) atoms. The molecule has 1 saturated heterocycles. The van der Waals surface area contributed by atoms with Gasteiger partial charge in [0.05, 0.1) is 12.6 Å². The van der Waals surface area contributed by atoms with Crippen LogP contribution in [0, 0.1) is 0 Å². The number of nitrogens with zero attached hydrogens (tertiary/aromatic N) is 1. The van der Waals surface area contributed by atoms with E-state index in [1.165, 1.54) is 0 Å². The van der Waals surface area contributed by atoms with Crippen molar-refractivity contribution < 1.29 is 9.53 Å². The van der Waals surface area contributed by atoms with Crippen molar-refractivity contribution in [3.8, 4) is 0 Å². The summed E-state index contributed by atoms with van der Waals surface area (Å²) in [4.78, 5) is 14.3. The Hall–Kier alpha value is -1.59. The Morgan fingerprint density at radius 3 is 2.79 bits per heavy atom. The lowest BCUT2D eigenvalue weighted by molar-refractivity contribution is -0.120. The maximum absolute atomic E-state index is 12.2. The van der Waals surface area contributed by atoms with E-state index in [0.29, 0.717) is 12.3 Å². The van der Waals surface area contributed by atoms with Gasteiger partial charge in [0.2, 0.25) is 5.91 Å². The third-order valence-corrected chi connectivity index (χ3v) is 3.36. The van der Waals surface area contributed by atoms with E-state index < -0.39 is 0 Å². The normalized spacial score (nSPS) is 18.6. The van der Waals surface area contributed by atoms with Crippen LogP contribution in [0.3, 0.4) is 0 Å². The number of ether oxygens (including phenoxy) is 1. The summed E-state index contributed by atoms with van der Waals surface area (Å²) < 4.78 is 5.40. The van der Waals surface area contributed by atoms with Gasteiger partial charge in [-0.15, -0.1) is 0 Å². The molecule has 0 spiro atoms. The van der Waals surface area contributed by atoms with Gasteiger partial charge in [0, 0.05) is 31.1 Å². The first-order valence-electron chi connectivity index (χ1n) is 6.65. The minimum absolute atomic E-state index is 0.00618. The van der Waals surface area contributed by atoms with Crippen LogP contribution in [0.2, 0.25) is 0 Å². The van der Waals surface area contributed by atoms with Gasteiger partial charge in [-0.25, -0.2) is 0 Å². The summed E-state index contributed by atoms with van der Waals surface area (Å²) in [5, 5.41) is 2.91. The van der Waals surface area contributed by atoms with Crippen molar-refractivity contribution in [3.05, 3.63) is 24.3 Å². The smallest absolute Gasteiger partial charge is 0.241 e. The van der Waals surface area contributed by atoms with Gasteiger partial charge < -0.3 is 15.8 Å². The molecule has 1 atom stereocenters. The Morgan fingerprint density at radius 2 is 2.05 bits per heavy atom. The molecule has 2 rings (SSSR count). The van der Waals surface area contributed by atoms with Gasteiger partial charge in [0.25, 0.3) is 0 Å². The second-order valence-corrected chi connectivity index (χ2v) is 4.79. The lowest BCUT2D eigenvalue weighted by Gasteiger charge is -2.26. The lowest BCUT2D eigenvalue weighted by Crippen LogP contribution is -2.43. The zero-order valence-corrected chi connectivity index (χ0v) is 11.3. The van der Waals surface area contributed by atoms with Crippen molar-refractivity contribution in [2.75, 3.05) is 37.4 Å². The number of carbonyl (C=O) groups excluding carboxylic acids is 1. The molecular formula is C14H21N3O2. The quantitative estimate of drug-likeness (QED) is 0.807. The van der Waals surface area contributed by atoms with E-state index >= 15 is 0 Å². The average Bonchev–Trinajstić information content (AvgIpc) is 2.69. The second kappa shape index (κ2) is 6.54. The fourth-order valence-corrected chi connectivity index (χ4v) is 2.13. The van der Waals surface area contributed by atoms with E-state index in [-0.39, 0.29) is 11.9 Å². The SMILES string of the molecule is CC(C(=O)Nc1ccc(N)cc1)N1CCCOCC1. The maximum Gasteiger partial charge on any atom is 0.241 e. The van der Waals surface area contributed by atoms with Gasteiger partial charge in [0.15, 0.2) is 0 Å². The van der Waals surface area contributed by atoms with Crippen molar-refractivity contribution in [3.63, 3.8) is 0 Å². The highest BCUT2D eigenvalue weighted by Gasteiger charge is 2.22. The van der Waals surface area contributed by atoms with Crippen molar-refractivity contribution in [2.45, 2.75) is 19.4 Å². The summed E-state index contributed by atoms with van der Waals surface area (Å²) in [5.41, 5.74) is 7.08. The molecule has 104 valence electrons. The monoisotopic (exact) mass is 263 g/mol. The third-order valence-electron chi connectivity index (χ3n) is 3.36. The number of nitrogen functional groups attached to an aromatic ring is 1. The molecule has 0 aliphatic carbocycles. The number of carbonyl (C=O) groups is 1. The summed E-state index contributed by atoms with van der Waals surface area (Å²) in [7, 11) is 0. The van der Waals surface area contributed by atoms with Gasteiger partial charge in [-0.2, -0.15) is 0 Å². The van der Waals surface area contributed by atoms with E-state index in [4.69, 9.17) is 10.5 Å². The standard InChI is InChI=1S/C14H21N3O2/c1-11(17-7-2-9-19-10-8-17)14(18)16-13-5-3-12(15)4-6-13/h3-6,11H,2,7-10,15H2,1H3,(H,16,18). The molecule has 3 N–H and O–H groups in total. The van der Waals surface area contributed by atoms with Gasteiger partial charge in [-0.1, -0.05) is 0 Å². The average molecular weight is 263 g/mol. The number of hydrogen-bond donors (Lipinski definition) is 2. The largest absolute Gasteiger partial charge is 0.399 e. The molecule has 1 fully saturated rings. The molecule has 0 bridgehead atoms. The van der Waals surface area contributed by atoms with Crippen molar-refractivity contribution in [1.29, 1.82) is 0 Å². The molecule has 0 saturated carbocycles. The van der Waals surface area contributed by atoms with Crippen molar-refractivity contribution >= 4 is 17.3 Å². The topological polar surface area (TPSA) is 67.6 Å². The van der Waals surface area contributed by atoms with Gasteiger partial charge in [0.1, 0.15) is 0 Å². The summed E-state index contributed by atoms with van der Waals surface area (Å²) in [6.45, 7) is 5.10. The Morgan fingerprint density at radius 1 is 1.32 bits per heavy atom. The molecule has 1 amide bonds. The van der Waals surface area contributed by atoms with Crippen LogP contribution in [0.4, 0.5) is 11.4 Å². The summed E-state index contributed by atoms with van der Waals surface area (Å²) >= 11 is 0. The first kappa shape index (κ1) is 13.8. The lowest BCUT2D eigenvalue weighted by atomic mass is 10.2. The Bertz CT molecular complexity index is 411. The van der Waals surface area contributed by atoms with E-state index in [0.717, 1.165) is 31.8 Å². The summed E-state index contributed by atoms with van der Waals surface area (Å²) in [6.07, 6.45) is 0.972. The molecule has 1 aliphatic heterocycles. The van der Waals surface area contributed by atoms with Crippen LogP contribution in [0.15, 0.2) is 24.3 Å². The molecule has 1 aliphatic rings. The zero-order valence-electron chi connectivity index (χ0n) is 11.3.